The monoisotopic (exact) mass is 285 g/mol. The van der Waals surface area contributed by atoms with E-state index >= 15 is 0 Å². The number of sulfonamides is 1. The number of nitrogens with one attached hydrogen (secondary N) is 1. The summed E-state index contributed by atoms with van der Waals surface area (Å²) in [6.07, 6.45) is -0.878. The summed E-state index contributed by atoms with van der Waals surface area (Å²) >= 11 is 0. The molecule has 0 aliphatic rings. The van der Waals surface area contributed by atoms with Gasteiger partial charge < -0.3 is 5.11 Å². The van der Waals surface area contributed by atoms with Gasteiger partial charge in [0, 0.05) is 6.54 Å². The van der Waals surface area contributed by atoms with Gasteiger partial charge in [-0.15, -0.1) is 0 Å². The van der Waals surface area contributed by atoms with E-state index in [0.29, 0.717) is 0 Å². The third-order valence-electron chi connectivity index (χ3n) is 1.56. The van der Waals surface area contributed by atoms with E-state index in [4.69, 9.17) is 5.11 Å². The lowest BCUT2D eigenvalue weighted by molar-refractivity contribution is -0.166. The average Bonchev–Trinajstić information content (AvgIpc) is 2.16. The van der Waals surface area contributed by atoms with Crippen molar-refractivity contribution in [1.29, 1.82) is 0 Å². The molecule has 11 heteroatoms. The molecule has 0 saturated carbocycles. The van der Waals surface area contributed by atoms with Crippen LogP contribution in [0.2, 0.25) is 0 Å². The van der Waals surface area contributed by atoms with Crippen LogP contribution in [0, 0.1) is 0 Å². The molecule has 0 aromatic rings. The van der Waals surface area contributed by atoms with Crippen LogP contribution < -0.4 is 4.72 Å². The van der Waals surface area contributed by atoms with Crippen LogP contribution in [0.1, 0.15) is 6.42 Å². The maximum atomic E-state index is 12.7. The van der Waals surface area contributed by atoms with Crippen molar-refractivity contribution < 1.29 is 40.3 Å². The molecule has 0 radical (unpaired) electrons. The van der Waals surface area contributed by atoms with Crippen molar-refractivity contribution >= 4 is 16.0 Å². The van der Waals surface area contributed by atoms with Gasteiger partial charge in [0.1, 0.15) is 0 Å². The molecule has 0 heterocycles. The van der Waals surface area contributed by atoms with Crippen molar-refractivity contribution in [3.63, 3.8) is 0 Å². The molecule has 102 valence electrons. The van der Waals surface area contributed by atoms with Gasteiger partial charge in [0.15, 0.2) is 6.67 Å². The largest absolute Gasteiger partial charge is 0.481 e. The summed E-state index contributed by atoms with van der Waals surface area (Å²) in [5.41, 5.74) is 0. The van der Waals surface area contributed by atoms with Gasteiger partial charge in [-0.05, 0) is 0 Å². The fourth-order valence-electron chi connectivity index (χ4n) is 0.657. The van der Waals surface area contributed by atoms with Crippen LogP contribution in [-0.2, 0) is 14.8 Å². The number of carboxylic acids is 1. The number of aliphatic carboxylic acids is 1. The highest BCUT2D eigenvalue weighted by Crippen LogP contribution is 2.38. The molecule has 0 spiro atoms. The molecule has 17 heavy (non-hydrogen) atoms. The van der Waals surface area contributed by atoms with Crippen LogP contribution in [0.4, 0.5) is 22.0 Å². The van der Waals surface area contributed by atoms with Crippen molar-refractivity contribution in [1.82, 2.24) is 4.72 Å². The first-order chi connectivity index (χ1) is 7.48. The van der Waals surface area contributed by atoms with Crippen LogP contribution in [0.25, 0.3) is 0 Å². The molecule has 0 aromatic heterocycles. The number of halogens is 5. The van der Waals surface area contributed by atoms with Gasteiger partial charge in [0.25, 0.3) is 10.0 Å². The zero-order valence-electron chi connectivity index (χ0n) is 8.09. The standard InChI is InChI=1S/C6H8F5NO4S/c7-3-5(8,9)6(10,11)17(15,16)12-2-1-4(13)14/h12H,1-3H2,(H,13,14). The summed E-state index contributed by atoms with van der Waals surface area (Å²) in [6, 6.07) is 0. The Morgan fingerprint density at radius 3 is 2.06 bits per heavy atom. The molecule has 0 atom stereocenters. The lowest BCUT2D eigenvalue weighted by atomic mass is 10.4. The van der Waals surface area contributed by atoms with Gasteiger partial charge >= 0.3 is 17.1 Å². The Balaban J connectivity index is 4.87. The Bertz CT molecular complexity index is 382. The second-order valence-corrected chi connectivity index (χ2v) is 4.70. The minimum absolute atomic E-state index is 0.878. The maximum Gasteiger partial charge on any atom is 0.423 e. The van der Waals surface area contributed by atoms with Gasteiger partial charge in [-0.25, -0.2) is 17.5 Å². The first-order valence-electron chi connectivity index (χ1n) is 4.00. The normalized spacial score (nSPS) is 13.7. The van der Waals surface area contributed by atoms with Crippen molar-refractivity contribution in [3.05, 3.63) is 0 Å². The van der Waals surface area contributed by atoms with E-state index in [1.807, 2.05) is 0 Å². The third-order valence-corrected chi connectivity index (χ3v) is 3.12. The predicted octanol–water partition coefficient (Wildman–Crippen LogP) is 0.578. The fraction of sp³-hybridized carbons (Fsp3) is 0.833. The van der Waals surface area contributed by atoms with E-state index in [1.165, 1.54) is 0 Å². The quantitative estimate of drug-likeness (QED) is 0.670. The molecule has 0 unspecified atom stereocenters. The minimum atomic E-state index is -5.86. The first kappa shape index (κ1) is 16.0. The lowest BCUT2D eigenvalue weighted by Crippen LogP contribution is -2.53. The van der Waals surface area contributed by atoms with E-state index < -0.39 is 46.8 Å². The van der Waals surface area contributed by atoms with E-state index in [-0.39, 0.29) is 0 Å². The fourth-order valence-corrected chi connectivity index (χ4v) is 1.66. The summed E-state index contributed by atoms with van der Waals surface area (Å²) in [4.78, 5) is 9.96. The second-order valence-electron chi connectivity index (χ2n) is 2.90. The van der Waals surface area contributed by atoms with Gasteiger partial charge in [0.05, 0.1) is 6.42 Å². The van der Waals surface area contributed by atoms with E-state index in [2.05, 4.69) is 0 Å². The number of rotatable bonds is 7. The number of alkyl halides is 5. The highest BCUT2D eigenvalue weighted by molar-refractivity contribution is 7.90. The molecule has 0 aliphatic heterocycles. The molecule has 0 bridgehead atoms. The van der Waals surface area contributed by atoms with Crippen molar-refractivity contribution in [2.45, 2.75) is 17.6 Å². The average molecular weight is 285 g/mol. The Kier molecular flexibility index (Phi) is 4.83. The number of carbonyl (C=O) groups is 1. The third kappa shape index (κ3) is 3.49. The molecular weight excluding hydrogens is 277 g/mol. The van der Waals surface area contributed by atoms with Crippen molar-refractivity contribution in [2.75, 3.05) is 13.2 Å². The highest BCUT2D eigenvalue weighted by Gasteiger charge is 2.65. The molecule has 0 aliphatic carbocycles. The number of hydrogen-bond donors (Lipinski definition) is 2. The van der Waals surface area contributed by atoms with Gasteiger partial charge in [-0.3, -0.25) is 4.79 Å². The van der Waals surface area contributed by atoms with Crippen LogP contribution in [0.3, 0.4) is 0 Å². The summed E-state index contributed by atoms with van der Waals surface area (Å²) < 4.78 is 84.2. The van der Waals surface area contributed by atoms with Crippen molar-refractivity contribution in [3.8, 4) is 0 Å². The summed E-state index contributed by atoms with van der Waals surface area (Å²) in [5.74, 6) is -6.91. The van der Waals surface area contributed by atoms with Gasteiger partial charge in [0.2, 0.25) is 0 Å². The van der Waals surface area contributed by atoms with Crippen LogP contribution in [-0.4, -0.2) is 43.9 Å². The Hall–Kier alpha value is -0.970. The Morgan fingerprint density at radius 2 is 1.71 bits per heavy atom. The zero-order chi connectivity index (χ0) is 13.9. The lowest BCUT2D eigenvalue weighted by Gasteiger charge is -2.23. The molecule has 0 saturated heterocycles. The zero-order valence-corrected chi connectivity index (χ0v) is 8.91. The predicted molar refractivity (Wildman–Crippen MR) is 45.0 cm³/mol. The maximum absolute atomic E-state index is 12.7. The Labute approximate surface area is 92.7 Å². The van der Waals surface area contributed by atoms with Crippen LogP contribution in [0.5, 0.6) is 0 Å². The molecule has 0 amide bonds. The first-order valence-corrected chi connectivity index (χ1v) is 5.49. The molecule has 0 rings (SSSR count). The second kappa shape index (κ2) is 5.12. The molecule has 0 fully saturated rings. The summed E-state index contributed by atoms with van der Waals surface area (Å²) in [5, 5.41) is 2.43. The van der Waals surface area contributed by atoms with E-state index in [0.717, 1.165) is 4.72 Å². The molecule has 5 nitrogen and oxygen atoms in total. The topological polar surface area (TPSA) is 83.5 Å². The molecule has 2 N–H and O–H groups in total. The van der Waals surface area contributed by atoms with Gasteiger partial charge in [-0.2, -0.15) is 17.6 Å². The van der Waals surface area contributed by atoms with E-state index in [1.54, 1.807) is 0 Å². The van der Waals surface area contributed by atoms with Crippen molar-refractivity contribution in [2.24, 2.45) is 0 Å². The SMILES string of the molecule is O=C(O)CCNS(=O)(=O)C(F)(F)C(F)(F)CF. The minimum Gasteiger partial charge on any atom is -0.481 e. The smallest absolute Gasteiger partial charge is 0.423 e. The number of hydrogen-bond acceptors (Lipinski definition) is 3. The van der Waals surface area contributed by atoms with E-state index in [9.17, 15) is 35.2 Å². The summed E-state index contributed by atoms with van der Waals surface area (Å²) in [7, 11) is -5.86. The Morgan fingerprint density at radius 1 is 1.24 bits per heavy atom. The van der Waals surface area contributed by atoms with Crippen LogP contribution >= 0.6 is 0 Å². The number of carboxylic acid groups (broad SMARTS) is 1. The molecule has 0 aromatic carbocycles. The van der Waals surface area contributed by atoms with Gasteiger partial charge in [-0.1, -0.05) is 0 Å². The molecular formula is C6H8F5NO4S. The highest BCUT2D eigenvalue weighted by atomic mass is 32.2. The summed E-state index contributed by atoms with van der Waals surface area (Å²) in [6.45, 7) is -3.87. The van der Waals surface area contributed by atoms with Crippen LogP contribution in [0.15, 0.2) is 0 Å².